The summed E-state index contributed by atoms with van der Waals surface area (Å²) in [6.07, 6.45) is 1.68. The monoisotopic (exact) mass is 396 g/mol. The summed E-state index contributed by atoms with van der Waals surface area (Å²) in [6, 6.07) is 17.7. The van der Waals surface area contributed by atoms with E-state index >= 15 is 0 Å². The summed E-state index contributed by atoms with van der Waals surface area (Å²) < 4.78 is 7.71. The highest BCUT2D eigenvalue weighted by molar-refractivity contribution is 7.98. The van der Waals surface area contributed by atoms with Gasteiger partial charge in [-0.05, 0) is 36.8 Å². The van der Waals surface area contributed by atoms with E-state index in [1.807, 2.05) is 49.4 Å². The lowest BCUT2D eigenvalue weighted by molar-refractivity contribution is 0.573. The third kappa shape index (κ3) is 4.23. The topological polar surface area (TPSA) is 56.7 Å². The molecular weight excluding hydrogens is 380 g/mol. The van der Waals surface area contributed by atoms with Crippen LogP contribution in [0.5, 0.6) is 0 Å². The summed E-state index contributed by atoms with van der Waals surface area (Å²) in [7, 11) is 0. The SMILES string of the molecule is Cc1nnc(SCc2coc(-c3ccc(Cl)cc3)n2)n1Cc1ccccc1. The average Bonchev–Trinajstić information content (AvgIpc) is 3.29. The Balaban J connectivity index is 1.46. The summed E-state index contributed by atoms with van der Waals surface area (Å²) in [5.41, 5.74) is 2.98. The molecule has 0 fully saturated rings. The second kappa shape index (κ2) is 7.98. The lowest BCUT2D eigenvalue weighted by Gasteiger charge is -2.07. The molecule has 0 amide bonds. The van der Waals surface area contributed by atoms with Crippen LogP contribution in [0.25, 0.3) is 11.5 Å². The molecule has 2 aromatic carbocycles. The molecule has 27 heavy (non-hydrogen) atoms. The van der Waals surface area contributed by atoms with Crippen LogP contribution < -0.4 is 0 Å². The van der Waals surface area contributed by atoms with E-state index in [4.69, 9.17) is 16.0 Å². The third-order valence-electron chi connectivity index (χ3n) is 4.08. The van der Waals surface area contributed by atoms with Gasteiger partial charge in [-0.3, -0.25) is 0 Å². The maximum Gasteiger partial charge on any atom is 0.226 e. The highest BCUT2D eigenvalue weighted by Gasteiger charge is 2.12. The van der Waals surface area contributed by atoms with Gasteiger partial charge in [-0.1, -0.05) is 53.7 Å². The van der Waals surface area contributed by atoms with Crippen LogP contribution in [0.1, 0.15) is 17.1 Å². The lowest BCUT2D eigenvalue weighted by Crippen LogP contribution is -2.03. The maximum absolute atomic E-state index is 5.93. The molecule has 0 spiro atoms. The summed E-state index contributed by atoms with van der Waals surface area (Å²) in [4.78, 5) is 4.56. The van der Waals surface area contributed by atoms with Crippen LogP contribution in [0.3, 0.4) is 0 Å². The van der Waals surface area contributed by atoms with E-state index in [1.165, 1.54) is 5.56 Å². The van der Waals surface area contributed by atoms with Gasteiger partial charge in [0.05, 0.1) is 12.2 Å². The quantitative estimate of drug-likeness (QED) is 0.417. The number of rotatable bonds is 6. The Bertz CT molecular complexity index is 1030. The average molecular weight is 397 g/mol. The Morgan fingerprint density at radius 1 is 1.04 bits per heavy atom. The molecule has 0 radical (unpaired) electrons. The minimum atomic E-state index is 0.587. The van der Waals surface area contributed by atoms with Gasteiger partial charge in [-0.2, -0.15) is 0 Å². The van der Waals surface area contributed by atoms with Crippen molar-refractivity contribution in [3.63, 3.8) is 0 Å². The van der Waals surface area contributed by atoms with Gasteiger partial charge in [0.1, 0.15) is 12.1 Å². The molecule has 4 aromatic rings. The Morgan fingerprint density at radius 2 is 1.81 bits per heavy atom. The second-order valence-electron chi connectivity index (χ2n) is 6.04. The number of oxazole rings is 1. The van der Waals surface area contributed by atoms with Crippen LogP contribution in [-0.2, 0) is 12.3 Å². The molecule has 0 saturated carbocycles. The molecule has 136 valence electrons. The zero-order valence-corrected chi connectivity index (χ0v) is 16.2. The van der Waals surface area contributed by atoms with Crippen molar-refractivity contribution in [2.45, 2.75) is 24.4 Å². The molecule has 0 N–H and O–H groups in total. The molecule has 0 aliphatic heterocycles. The number of benzene rings is 2. The van der Waals surface area contributed by atoms with Gasteiger partial charge in [0.2, 0.25) is 5.89 Å². The molecule has 0 unspecified atom stereocenters. The van der Waals surface area contributed by atoms with E-state index in [1.54, 1.807) is 18.0 Å². The van der Waals surface area contributed by atoms with Crippen LogP contribution >= 0.6 is 23.4 Å². The summed E-state index contributed by atoms with van der Waals surface area (Å²) in [5.74, 6) is 2.14. The molecule has 4 rings (SSSR count). The minimum Gasteiger partial charge on any atom is -0.444 e. The molecule has 0 aliphatic rings. The van der Waals surface area contributed by atoms with Crippen LogP contribution in [0.15, 0.2) is 70.4 Å². The third-order valence-corrected chi connectivity index (χ3v) is 5.33. The van der Waals surface area contributed by atoms with Gasteiger partial charge in [-0.15, -0.1) is 10.2 Å². The van der Waals surface area contributed by atoms with Gasteiger partial charge in [0, 0.05) is 16.3 Å². The molecule has 0 aliphatic carbocycles. The van der Waals surface area contributed by atoms with Gasteiger partial charge >= 0.3 is 0 Å². The van der Waals surface area contributed by atoms with Crippen LogP contribution in [0.4, 0.5) is 0 Å². The van der Waals surface area contributed by atoms with Crippen molar-refractivity contribution in [1.82, 2.24) is 19.7 Å². The fourth-order valence-corrected chi connectivity index (χ4v) is 3.64. The van der Waals surface area contributed by atoms with Crippen LogP contribution in [-0.4, -0.2) is 19.7 Å². The number of nitrogens with zero attached hydrogens (tertiary/aromatic N) is 4. The Morgan fingerprint density at radius 3 is 2.59 bits per heavy atom. The van der Waals surface area contributed by atoms with E-state index in [-0.39, 0.29) is 0 Å². The maximum atomic E-state index is 5.93. The molecule has 0 atom stereocenters. The first-order valence-corrected chi connectivity index (χ1v) is 9.82. The number of halogens is 1. The first kappa shape index (κ1) is 17.8. The molecule has 0 saturated heterocycles. The number of hydrogen-bond donors (Lipinski definition) is 0. The first-order valence-electron chi connectivity index (χ1n) is 8.46. The summed E-state index contributed by atoms with van der Waals surface area (Å²) >= 11 is 7.52. The summed E-state index contributed by atoms with van der Waals surface area (Å²) in [5, 5.41) is 10.1. The van der Waals surface area contributed by atoms with E-state index in [9.17, 15) is 0 Å². The normalized spacial score (nSPS) is 11.0. The van der Waals surface area contributed by atoms with Crippen molar-refractivity contribution in [2.75, 3.05) is 0 Å². The molecule has 7 heteroatoms. The number of hydrogen-bond acceptors (Lipinski definition) is 5. The molecule has 5 nitrogen and oxygen atoms in total. The Labute approximate surface area is 166 Å². The number of aromatic nitrogens is 4. The van der Waals surface area contributed by atoms with E-state index in [0.717, 1.165) is 28.8 Å². The number of thioether (sulfide) groups is 1. The van der Waals surface area contributed by atoms with Crippen molar-refractivity contribution in [3.8, 4) is 11.5 Å². The fraction of sp³-hybridized carbons (Fsp3) is 0.150. The highest BCUT2D eigenvalue weighted by Crippen LogP contribution is 2.25. The lowest BCUT2D eigenvalue weighted by atomic mass is 10.2. The van der Waals surface area contributed by atoms with E-state index in [2.05, 4.69) is 31.9 Å². The first-order chi connectivity index (χ1) is 13.2. The van der Waals surface area contributed by atoms with Crippen LogP contribution in [0, 0.1) is 6.92 Å². The predicted molar refractivity (Wildman–Crippen MR) is 107 cm³/mol. The fourth-order valence-electron chi connectivity index (χ4n) is 2.65. The van der Waals surface area contributed by atoms with Crippen molar-refractivity contribution in [2.24, 2.45) is 0 Å². The van der Waals surface area contributed by atoms with Crippen molar-refractivity contribution in [1.29, 1.82) is 0 Å². The van der Waals surface area contributed by atoms with Crippen molar-refractivity contribution < 1.29 is 4.42 Å². The second-order valence-corrected chi connectivity index (χ2v) is 7.42. The standard InChI is InChI=1S/C20H17ClN4OS/c1-14-23-24-20(25(14)11-15-5-3-2-4-6-15)27-13-18-12-26-19(22-18)16-7-9-17(21)10-8-16/h2-10,12H,11,13H2,1H3. The Kier molecular flexibility index (Phi) is 5.27. The minimum absolute atomic E-state index is 0.587. The molecular formula is C20H17ClN4OS. The van der Waals surface area contributed by atoms with E-state index < -0.39 is 0 Å². The van der Waals surface area contributed by atoms with Crippen molar-refractivity contribution >= 4 is 23.4 Å². The summed E-state index contributed by atoms with van der Waals surface area (Å²) in [6.45, 7) is 2.71. The Hall–Kier alpha value is -2.57. The van der Waals surface area contributed by atoms with Gasteiger partial charge in [-0.25, -0.2) is 4.98 Å². The van der Waals surface area contributed by atoms with Gasteiger partial charge < -0.3 is 8.98 Å². The zero-order valence-electron chi connectivity index (χ0n) is 14.7. The largest absolute Gasteiger partial charge is 0.444 e. The smallest absolute Gasteiger partial charge is 0.226 e. The highest BCUT2D eigenvalue weighted by atomic mass is 35.5. The number of aryl methyl sites for hydroxylation is 1. The molecule has 0 bridgehead atoms. The zero-order chi connectivity index (χ0) is 18.6. The van der Waals surface area contributed by atoms with Crippen LogP contribution in [0.2, 0.25) is 5.02 Å². The van der Waals surface area contributed by atoms with Gasteiger partial charge in [0.15, 0.2) is 5.16 Å². The molecule has 2 heterocycles. The predicted octanol–water partition coefficient (Wildman–Crippen LogP) is 5.24. The van der Waals surface area contributed by atoms with Gasteiger partial charge in [0.25, 0.3) is 0 Å². The van der Waals surface area contributed by atoms with Crippen molar-refractivity contribution in [3.05, 3.63) is 83.0 Å². The molecule has 2 aromatic heterocycles. The van der Waals surface area contributed by atoms with E-state index in [0.29, 0.717) is 16.7 Å².